The summed E-state index contributed by atoms with van der Waals surface area (Å²) in [7, 11) is 0. The van der Waals surface area contributed by atoms with Crippen LogP contribution in [0.15, 0.2) is 84.9 Å². The maximum Gasteiger partial charge on any atom is 0.258 e. The molecule has 0 bridgehead atoms. The monoisotopic (exact) mass is 615 g/mol. The third kappa shape index (κ3) is 7.03. The van der Waals surface area contributed by atoms with Crippen molar-refractivity contribution in [1.29, 1.82) is 0 Å². The molecule has 0 spiro atoms. The van der Waals surface area contributed by atoms with Gasteiger partial charge >= 0.3 is 0 Å². The molecule has 0 aromatic heterocycles. The molecule has 1 atom stereocenters. The Morgan fingerprint density at radius 2 is 1.67 bits per heavy atom. The molecular formula is C35H35Cl2N3O3. The highest BCUT2D eigenvalue weighted by Crippen LogP contribution is 2.37. The van der Waals surface area contributed by atoms with Gasteiger partial charge in [-0.05, 0) is 53.1 Å². The first-order valence-electron chi connectivity index (χ1n) is 14.6. The van der Waals surface area contributed by atoms with E-state index in [9.17, 15) is 14.4 Å². The Hall–Kier alpha value is -3.87. The van der Waals surface area contributed by atoms with Crippen LogP contribution in [0.4, 0.5) is 5.69 Å². The average Bonchev–Trinajstić information content (AvgIpc) is 3.27. The molecule has 8 heteroatoms. The Labute approximate surface area is 262 Å². The molecule has 5 rings (SSSR count). The van der Waals surface area contributed by atoms with E-state index in [1.54, 1.807) is 28.0 Å². The maximum absolute atomic E-state index is 14.0. The summed E-state index contributed by atoms with van der Waals surface area (Å²) in [5, 5.41) is 5.93. The van der Waals surface area contributed by atoms with E-state index < -0.39 is 6.04 Å². The van der Waals surface area contributed by atoms with Gasteiger partial charge in [0.1, 0.15) is 6.04 Å². The first kappa shape index (κ1) is 30.6. The van der Waals surface area contributed by atoms with Gasteiger partial charge in [0.25, 0.3) is 5.91 Å². The fourth-order valence-corrected chi connectivity index (χ4v) is 6.01. The SMILES string of the molecule is CC(C)CNC(=O)C(Cc1ccccc1)N(Cc1ccc(Cl)cc1Cl)C(=O)CCCN1C(=O)c2cccc3cccc1c23. The van der Waals surface area contributed by atoms with Crippen LogP contribution in [0.3, 0.4) is 0 Å². The summed E-state index contributed by atoms with van der Waals surface area (Å²) in [4.78, 5) is 44.4. The topological polar surface area (TPSA) is 69.7 Å². The summed E-state index contributed by atoms with van der Waals surface area (Å²) in [6.07, 6.45) is 0.944. The van der Waals surface area contributed by atoms with Gasteiger partial charge in [0.05, 0.1) is 5.69 Å². The van der Waals surface area contributed by atoms with Gasteiger partial charge in [-0.2, -0.15) is 0 Å². The molecule has 1 aliphatic rings. The summed E-state index contributed by atoms with van der Waals surface area (Å²) in [5.41, 5.74) is 3.19. The predicted octanol–water partition coefficient (Wildman–Crippen LogP) is 7.30. The summed E-state index contributed by atoms with van der Waals surface area (Å²) >= 11 is 12.7. The van der Waals surface area contributed by atoms with Crippen molar-refractivity contribution in [3.8, 4) is 0 Å². The Bertz CT molecular complexity index is 1640. The van der Waals surface area contributed by atoms with Crippen LogP contribution in [0.1, 0.15) is 48.2 Å². The van der Waals surface area contributed by atoms with Gasteiger partial charge in [0.2, 0.25) is 11.8 Å². The van der Waals surface area contributed by atoms with Crippen molar-refractivity contribution < 1.29 is 14.4 Å². The van der Waals surface area contributed by atoms with Gasteiger partial charge in [-0.15, -0.1) is 0 Å². The summed E-state index contributed by atoms with van der Waals surface area (Å²) in [6, 6.07) is 25.7. The minimum atomic E-state index is -0.758. The van der Waals surface area contributed by atoms with Gasteiger partial charge in [-0.25, -0.2) is 0 Å². The lowest BCUT2D eigenvalue weighted by Gasteiger charge is -2.32. The molecule has 1 N–H and O–H groups in total. The van der Waals surface area contributed by atoms with Gasteiger partial charge in [0.15, 0.2) is 0 Å². The number of anilines is 1. The quantitative estimate of drug-likeness (QED) is 0.182. The number of carbonyl (C=O) groups is 3. The van der Waals surface area contributed by atoms with Crippen LogP contribution in [-0.4, -0.2) is 41.8 Å². The van der Waals surface area contributed by atoms with E-state index in [-0.39, 0.29) is 36.6 Å². The molecule has 1 aliphatic heterocycles. The van der Waals surface area contributed by atoms with E-state index >= 15 is 0 Å². The van der Waals surface area contributed by atoms with E-state index in [0.29, 0.717) is 47.1 Å². The van der Waals surface area contributed by atoms with Crippen molar-refractivity contribution in [2.24, 2.45) is 5.92 Å². The molecule has 6 nitrogen and oxygen atoms in total. The molecule has 0 aliphatic carbocycles. The number of nitrogens with zero attached hydrogens (tertiary/aromatic N) is 2. The molecule has 43 heavy (non-hydrogen) atoms. The number of hydrogen-bond donors (Lipinski definition) is 1. The van der Waals surface area contributed by atoms with Crippen LogP contribution in [-0.2, 0) is 22.6 Å². The summed E-state index contributed by atoms with van der Waals surface area (Å²) in [6.45, 7) is 5.09. The Kier molecular flexibility index (Phi) is 9.69. The highest BCUT2D eigenvalue weighted by atomic mass is 35.5. The van der Waals surface area contributed by atoms with Crippen LogP contribution in [0.2, 0.25) is 10.0 Å². The smallest absolute Gasteiger partial charge is 0.258 e. The standard InChI is InChI=1S/C35H35Cl2N3O3/c1-23(2)21-38-34(42)31(19-24-9-4-3-5-10-24)40(22-26-16-17-27(36)20-29(26)37)32(41)15-8-18-39-30-14-7-12-25-11-6-13-28(33(25)30)35(39)43/h3-7,9-14,16-17,20,23,31H,8,15,18-19,21-22H2,1-2H3,(H,38,42). The largest absolute Gasteiger partial charge is 0.354 e. The van der Waals surface area contributed by atoms with Crippen LogP contribution in [0.25, 0.3) is 10.8 Å². The zero-order valence-corrected chi connectivity index (χ0v) is 25.9. The fraction of sp³-hybridized carbons (Fsp3) is 0.286. The van der Waals surface area contributed by atoms with Crippen molar-refractivity contribution in [3.05, 3.63) is 112 Å². The van der Waals surface area contributed by atoms with Gasteiger partial charge < -0.3 is 15.1 Å². The van der Waals surface area contributed by atoms with E-state index in [1.165, 1.54) is 0 Å². The van der Waals surface area contributed by atoms with Gasteiger partial charge in [0, 0.05) is 53.5 Å². The Balaban J connectivity index is 1.39. The number of amides is 3. The second-order valence-corrected chi connectivity index (χ2v) is 12.2. The third-order valence-corrected chi connectivity index (χ3v) is 8.32. The highest BCUT2D eigenvalue weighted by molar-refractivity contribution is 6.35. The summed E-state index contributed by atoms with van der Waals surface area (Å²) < 4.78 is 0. The molecular weight excluding hydrogens is 581 g/mol. The maximum atomic E-state index is 14.0. The molecule has 3 amide bonds. The van der Waals surface area contributed by atoms with Crippen molar-refractivity contribution in [3.63, 3.8) is 0 Å². The first-order chi connectivity index (χ1) is 20.7. The van der Waals surface area contributed by atoms with Gasteiger partial charge in [-0.3, -0.25) is 14.4 Å². The highest BCUT2D eigenvalue weighted by Gasteiger charge is 2.32. The van der Waals surface area contributed by atoms with Crippen LogP contribution < -0.4 is 10.2 Å². The number of carbonyl (C=O) groups excluding carboxylic acids is 3. The predicted molar refractivity (Wildman–Crippen MR) is 174 cm³/mol. The Morgan fingerprint density at radius 1 is 0.930 bits per heavy atom. The normalized spacial score (nSPS) is 13.0. The lowest BCUT2D eigenvalue weighted by molar-refractivity contribution is -0.141. The molecule has 0 radical (unpaired) electrons. The molecule has 0 fully saturated rings. The Morgan fingerprint density at radius 3 is 2.40 bits per heavy atom. The van der Waals surface area contributed by atoms with E-state index in [4.69, 9.17) is 23.2 Å². The molecule has 1 heterocycles. The zero-order chi connectivity index (χ0) is 30.5. The number of rotatable bonds is 12. The zero-order valence-electron chi connectivity index (χ0n) is 24.4. The minimum Gasteiger partial charge on any atom is -0.354 e. The lowest BCUT2D eigenvalue weighted by Crippen LogP contribution is -2.51. The molecule has 0 saturated heterocycles. The van der Waals surface area contributed by atoms with Crippen molar-refractivity contribution in [2.75, 3.05) is 18.0 Å². The molecule has 4 aromatic rings. The molecule has 0 saturated carbocycles. The van der Waals surface area contributed by atoms with E-state index in [1.807, 2.05) is 80.6 Å². The van der Waals surface area contributed by atoms with Crippen molar-refractivity contribution in [2.45, 2.75) is 45.7 Å². The molecule has 4 aromatic carbocycles. The molecule has 1 unspecified atom stereocenters. The second-order valence-electron chi connectivity index (χ2n) is 11.3. The van der Waals surface area contributed by atoms with Crippen molar-refractivity contribution >= 4 is 57.4 Å². The van der Waals surface area contributed by atoms with E-state index in [2.05, 4.69) is 5.32 Å². The number of hydrogen-bond acceptors (Lipinski definition) is 3. The average molecular weight is 617 g/mol. The second kappa shape index (κ2) is 13.6. The number of benzene rings is 4. The van der Waals surface area contributed by atoms with Crippen LogP contribution in [0.5, 0.6) is 0 Å². The third-order valence-electron chi connectivity index (χ3n) is 7.73. The van der Waals surface area contributed by atoms with Crippen molar-refractivity contribution in [1.82, 2.24) is 10.2 Å². The first-order valence-corrected chi connectivity index (χ1v) is 15.4. The minimum absolute atomic E-state index is 0.0564. The van der Waals surface area contributed by atoms with Crippen LogP contribution >= 0.6 is 23.2 Å². The van der Waals surface area contributed by atoms with Gasteiger partial charge in [-0.1, -0.05) is 97.7 Å². The fourth-order valence-electron chi connectivity index (χ4n) is 5.54. The van der Waals surface area contributed by atoms with E-state index in [0.717, 1.165) is 22.0 Å². The number of nitrogens with one attached hydrogen (secondary N) is 1. The van der Waals surface area contributed by atoms with Crippen LogP contribution in [0, 0.1) is 5.92 Å². The lowest BCUT2D eigenvalue weighted by atomic mass is 10.0. The number of halogens is 2. The molecule has 222 valence electrons. The summed E-state index contributed by atoms with van der Waals surface area (Å²) in [5.74, 6) is -0.205.